The maximum absolute atomic E-state index is 13.2. The van der Waals surface area contributed by atoms with Gasteiger partial charge in [0.1, 0.15) is 11.5 Å². The van der Waals surface area contributed by atoms with E-state index in [1.807, 2.05) is 6.92 Å². The second-order valence-corrected chi connectivity index (χ2v) is 8.25. The van der Waals surface area contributed by atoms with Crippen LogP contribution in [0.2, 0.25) is 0 Å². The van der Waals surface area contributed by atoms with E-state index in [9.17, 15) is 34.7 Å². The summed E-state index contributed by atoms with van der Waals surface area (Å²) in [6, 6.07) is 15.6. The molecule has 1 saturated heterocycles. The highest BCUT2D eigenvalue weighted by atomic mass is 16.6. The number of hydrogen-bond acceptors (Lipinski definition) is 8. The lowest BCUT2D eigenvalue weighted by Crippen LogP contribution is -2.29. The number of phenolic OH excluding ortho intramolecular Hbond substituents is 1. The van der Waals surface area contributed by atoms with Crippen molar-refractivity contribution in [2.75, 3.05) is 11.5 Å². The normalized spacial score (nSPS) is 16.6. The van der Waals surface area contributed by atoms with Gasteiger partial charge in [0.05, 0.1) is 28.7 Å². The Hall–Kier alpha value is -4.99. The zero-order valence-corrected chi connectivity index (χ0v) is 19.7. The molecule has 1 fully saturated rings. The van der Waals surface area contributed by atoms with Crippen LogP contribution in [-0.2, 0) is 14.3 Å². The molecule has 1 unspecified atom stereocenters. The minimum atomic E-state index is -1.11. The molecule has 0 radical (unpaired) electrons. The van der Waals surface area contributed by atoms with Crippen molar-refractivity contribution in [3.05, 3.63) is 105 Å². The number of phenols is 1. The van der Waals surface area contributed by atoms with E-state index in [0.29, 0.717) is 12.0 Å². The first-order valence-corrected chi connectivity index (χ1v) is 11.3. The van der Waals surface area contributed by atoms with Crippen molar-refractivity contribution < 1.29 is 34.3 Å². The van der Waals surface area contributed by atoms with Crippen LogP contribution in [0.5, 0.6) is 5.75 Å². The molecule has 1 amide bonds. The number of nitro benzene ring substituents is 1. The maximum atomic E-state index is 13.2. The fourth-order valence-electron chi connectivity index (χ4n) is 4.03. The van der Waals surface area contributed by atoms with Gasteiger partial charge in [-0.05, 0) is 48.4 Å². The zero-order chi connectivity index (χ0) is 26.7. The van der Waals surface area contributed by atoms with E-state index >= 15 is 0 Å². The first-order chi connectivity index (χ1) is 17.7. The van der Waals surface area contributed by atoms with Crippen molar-refractivity contribution in [1.82, 2.24) is 0 Å². The molecule has 1 atom stereocenters. The van der Waals surface area contributed by atoms with Gasteiger partial charge in [0, 0.05) is 23.4 Å². The van der Waals surface area contributed by atoms with Crippen LogP contribution in [0.15, 0.2) is 78.4 Å². The van der Waals surface area contributed by atoms with Crippen LogP contribution in [0.4, 0.5) is 11.4 Å². The van der Waals surface area contributed by atoms with Crippen molar-refractivity contribution in [2.45, 2.75) is 19.4 Å². The minimum absolute atomic E-state index is 0.00926. The molecular formula is C27H22N2O8. The first kappa shape index (κ1) is 25.1. The minimum Gasteiger partial charge on any atom is -0.508 e. The van der Waals surface area contributed by atoms with Crippen molar-refractivity contribution >= 4 is 34.8 Å². The van der Waals surface area contributed by atoms with Crippen molar-refractivity contribution in [2.24, 2.45) is 0 Å². The van der Waals surface area contributed by atoms with Crippen molar-refractivity contribution in [3.8, 4) is 5.75 Å². The molecule has 10 heteroatoms. The molecule has 0 aromatic heterocycles. The van der Waals surface area contributed by atoms with Gasteiger partial charge in [0.2, 0.25) is 0 Å². The molecule has 0 aliphatic carbocycles. The summed E-state index contributed by atoms with van der Waals surface area (Å²) < 4.78 is 5.12. The van der Waals surface area contributed by atoms with Gasteiger partial charge in [-0.1, -0.05) is 31.2 Å². The predicted molar refractivity (Wildman–Crippen MR) is 133 cm³/mol. The highest BCUT2D eigenvalue weighted by molar-refractivity contribution is 6.51. The number of ether oxygens (including phenoxy) is 1. The predicted octanol–water partition coefficient (Wildman–Crippen LogP) is 4.49. The number of Topliss-reactive ketones (excluding diaryl/α,β-unsaturated/α-hetero) is 1. The molecule has 0 saturated carbocycles. The summed E-state index contributed by atoms with van der Waals surface area (Å²) in [7, 11) is 0. The molecule has 1 aliphatic heterocycles. The number of nitro groups is 1. The largest absolute Gasteiger partial charge is 0.508 e. The average molecular weight is 502 g/mol. The standard InChI is InChI=1S/C27H22N2O8/c1-2-14-37-27(34)17-6-10-19(11-7-17)28-23(16-8-12-21(30)13-9-16)22(25(32)26(28)33)24(31)18-4-3-5-20(15-18)29(35)36/h3-13,15,23,30-31H,2,14H2,1H3/b24-22-. The van der Waals surface area contributed by atoms with E-state index in [1.54, 1.807) is 0 Å². The second-order valence-electron chi connectivity index (χ2n) is 8.25. The molecular weight excluding hydrogens is 480 g/mol. The Bertz CT molecular complexity index is 1410. The Kier molecular flexibility index (Phi) is 7.01. The number of aliphatic hydroxyl groups is 1. The molecule has 0 bridgehead atoms. The number of hydrogen-bond donors (Lipinski definition) is 2. The van der Waals surface area contributed by atoms with Crippen LogP contribution >= 0.6 is 0 Å². The number of rotatable bonds is 7. The molecule has 37 heavy (non-hydrogen) atoms. The Balaban J connectivity index is 1.84. The number of carbonyl (C=O) groups excluding carboxylic acids is 3. The van der Waals surface area contributed by atoms with Gasteiger partial charge < -0.3 is 14.9 Å². The van der Waals surface area contributed by atoms with Gasteiger partial charge in [-0.15, -0.1) is 0 Å². The third-order valence-corrected chi connectivity index (χ3v) is 5.80. The van der Waals surface area contributed by atoms with Crippen LogP contribution in [0.25, 0.3) is 5.76 Å². The zero-order valence-electron chi connectivity index (χ0n) is 19.7. The van der Waals surface area contributed by atoms with E-state index in [2.05, 4.69) is 0 Å². The quantitative estimate of drug-likeness (QED) is 0.120. The summed E-state index contributed by atoms with van der Waals surface area (Å²) in [4.78, 5) is 50.3. The van der Waals surface area contributed by atoms with Gasteiger partial charge in [-0.3, -0.25) is 24.6 Å². The molecule has 1 aliphatic rings. The SMILES string of the molecule is CCCOC(=O)c1ccc(N2C(=O)C(=O)/C(=C(\O)c3cccc([N+](=O)[O-])c3)C2c2ccc(O)cc2)cc1. The summed E-state index contributed by atoms with van der Waals surface area (Å²) in [5.74, 6) is -3.09. The third-order valence-electron chi connectivity index (χ3n) is 5.80. The van der Waals surface area contributed by atoms with E-state index in [1.165, 1.54) is 71.6 Å². The topological polar surface area (TPSA) is 147 Å². The van der Waals surface area contributed by atoms with Crippen LogP contribution in [0.3, 0.4) is 0 Å². The van der Waals surface area contributed by atoms with Crippen LogP contribution in [0.1, 0.15) is 40.9 Å². The highest BCUT2D eigenvalue weighted by Crippen LogP contribution is 2.42. The number of amides is 1. The maximum Gasteiger partial charge on any atom is 0.338 e. The summed E-state index contributed by atoms with van der Waals surface area (Å²) in [6.07, 6.45) is 0.658. The molecule has 1 heterocycles. The summed E-state index contributed by atoms with van der Waals surface area (Å²) in [5.41, 5.74) is 0.338. The molecule has 4 rings (SSSR count). The van der Waals surface area contributed by atoms with Crippen molar-refractivity contribution in [1.29, 1.82) is 0 Å². The van der Waals surface area contributed by atoms with Gasteiger partial charge in [-0.2, -0.15) is 0 Å². The Morgan fingerprint density at radius 3 is 2.32 bits per heavy atom. The molecule has 188 valence electrons. The van der Waals surface area contributed by atoms with Crippen molar-refractivity contribution in [3.63, 3.8) is 0 Å². The molecule has 2 N–H and O–H groups in total. The number of esters is 1. The van der Waals surface area contributed by atoms with E-state index in [-0.39, 0.29) is 40.4 Å². The van der Waals surface area contributed by atoms with Crippen LogP contribution in [0, 0.1) is 10.1 Å². The van der Waals surface area contributed by atoms with Crippen LogP contribution in [-0.4, -0.2) is 39.4 Å². The summed E-state index contributed by atoms with van der Waals surface area (Å²) in [6.45, 7) is 2.12. The Morgan fingerprint density at radius 2 is 1.70 bits per heavy atom. The number of ketones is 1. The lowest BCUT2D eigenvalue weighted by atomic mass is 9.95. The van der Waals surface area contributed by atoms with Gasteiger partial charge in [-0.25, -0.2) is 4.79 Å². The average Bonchev–Trinajstić information content (AvgIpc) is 3.17. The molecule has 3 aromatic rings. The number of carbonyl (C=O) groups is 3. The van der Waals surface area contributed by atoms with E-state index < -0.39 is 34.4 Å². The third kappa shape index (κ3) is 4.90. The summed E-state index contributed by atoms with van der Waals surface area (Å²) in [5, 5.41) is 32.1. The van der Waals surface area contributed by atoms with E-state index in [0.717, 1.165) is 6.07 Å². The van der Waals surface area contributed by atoms with Gasteiger partial charge in [0.25, 0.3) is 17.4 Å². The Morgan fingerprint density at radius 1 is 1.03 bits per heavy atom. The second kappa shape index (κ2) is 10.3. The van der Waals surface area contributed by atoms with Gasteiger partial charge >= 0.3 is 5.97 Å². The number of nitrogens with zero attached hydrogens (tertiary/aromatic N) is 2. The number of aromatic hydroxyl groups is 1. The number of anilines is 1. The number of aliphatic hydroxyl groups excluding tert-OH is 1. The number of benzene rings is 3. The number of non-ortho nitro benzene ring substituents is 1. The fraction of sp³-hybridized carbons (Fsp3) is 0.148. The fourth-order valence-corrected chi connectivity index (χ4v) is 4.03. The van der Waals surface area contributed by atoms with Crippen LogP contribution < -0.4 is 4.90 Å². The van der Waals surface area contributed by atoms with Gasteiger partial charge in [0.15, 0.2) is 0 Å². The summed E-state index contributed by atoms with van der Waals surface area (Å²) >= 11 is 0. The first-order valence-electron chi connectivity index (χ1n) is 11.3. The Labute approximate surface area is 211 Å². The molecule has 0 spiro atoms. The monoisotopic (exact) mass is 502 g/mol. The van der Waals surface area contributed by atoms with E-state index in [4.69, 9.17) is 4.74 Å². The lowest BCUT2D eigenvalue weighted by Gasteiger charge is -2.25. The highest BCUT2D eigenvalue weighted by Gasteiger charge is 2.47. The molecule has 3 aromatic carbocycles. The molecule has 10 nitrogen and oxygen atoms in total. The lowest BCUT2D eigenvalue weighted by molar-refractivity contribution is -0.384. The smallest absolute Gasteiger partial charge is 0.338 e.